The average molecular weight is 295 g/mol. The Morgan fingerprint density at radius 1 is 1.29 bits per heavy atom. The van der Waals surface area contributed by atoms with Gasteiger partial charge in [0.05, 0.1) is 7.11 Å². The van der Waals surface area contributed by atoms with Gasteiger partial charge in [-0.3, -0.25) is 4.79 Å². The van der Waals surface area contributed by atoms with Crippen molar-refractivity contribution in [2.75, 3.05) is 13.7 Å². The second-order valence-electron chi connectivity index (χ2n) is 5.04. The molecule has 0 spiro atoms. The molecule has 118 valence electrons. The highest BCUT2D eigenvalue weighted by Gasteiger charge is 2.18. The van der Waals surface area contributed by atoms with Crippen LogP contribution in [0.5, 0.6) is 11.5 Å². The van der Waals surface area contributed by atoms with Gasteiger partial charge in [0.2, 0.25) is 0 Å². The predicted molar refractivity (Wildman–Crippen MR) is 81.4 cm³/mol. The van der Waals surface area contributed by atoms with Crippen LogP contribution in [0.4, 0.5) is 0 Å². The largest absolute Gasteiger partial charge is 0.504 e. The summed E-state index contributed by atoms with van der Waals surface area (Å²) in [5.41, 5.74) is 0.396. The first-order valence-electron chi connectivity index (χ1n) is 7.42. The van der Waals surface area contributed by atoms with Crippen LogP contribution in [-0.4, -0.2) is 29.8 Å². The molecule has 1 aromatic carbocycles. The van der Waals surface area contributed by atoms with Gasteiger partial charge in [-0.25, -0.2) is 0 Å². The van der Waals surface area contributed by atoms with Crippen LogP contribution in [0.1, 0.15) is 50.7 Å². The van der Waals surface area contributed by atoms with Crippen LogP contribution in [0.15, 0.2) is 18.2 Å². The van der Waals surface area contributed by atoms with Crippen LogP contribution in [0.3, 0.4) is 0 Å². The molecule has 0 aliphatic carbocycles. The molecule has 21 heavy (non-hydrogen) atoms. The van der Waals surface area contributed by atoms with Gasteiger partial charge in [0.1, 0.15) is 0 Å². The van der Waals surface area contributed by atoms with Gasteiger partial charge in [0.15, 0.2) is 17.6 Å². The summed E-state index contributed by atoms with van der Waals surface area (Å²) >= 11 is 0. The quantitative estimate of drug-likeness (QED) is 0.612. The molecular formula is C16H25NO4. The number of nitrogens with one attached hydrogen (secondary N) is 1. The number of aliphatic hydroxyl groups excluding tert-OH is 1. The number of methoxy groups -OCH3 is 1. The second kappa shape index (κ2) is 9.23. The number of hydrogen-bond donors (Lipinski definition) is 3. The molecule has 0 aliphatic heterocycles. The Bertz CT molecular complexity index is 448. The standard InChI is InChI=1S/C16H25NO4/c1-3-4-5-6-7-10-17-16(20)15(19)12-8-9-13(18)14(11-12)21-2/h8-9,11,15,18-19H,3-7,10H2,1-2H3,(H,17,20). The number of unbranched alkanes of at least 4 members (excludes halogenated alkanes) is 4. The number of ether oxygens (including phenoxy) is 1. The summed E-state index contributed by atoms with van der Waals surface area (Å²) in [5, 5.41) is 22.2. The zero-order chi connectivity index (χ0) is 15.7. The number of amides is 1. The van der Waals surface area contributed by atoms with Gasteiger partial charge in [-0.05, 0) is 24.1 Å². The molecule has 1 amide bonds. The highest BCUT2D eigenvalue weighted by Crippen LogP contribution is 2.28. The molecule has 0 saturated heterocycles. The molecule has 1 rings (SSSR count). The lowest BCUT2D eigenvalue weighted by Gasteiger charge is -2.13. The Morgan fingerprint density at radius 2 is 2.00 bits per heavy atom. The van der Waals surface area contributed by atoms with Gasteiger partial charge in [0.25, 0.3) is 5.91 Å². The Kier molecular flexibility index (Phi) is 7.61. The fourth-order valence-corrected chi connectivity index (χ4v) is 2.05. The van der Waals surface area contributed by atoms with Crippen LogP contribution >= 0.6 is 0 Å². The number of carbonyl (C=O) groups excluding carboxylic acids is 1. The molecule has 0 heterocycles. The van der Waals surface area contributed by atoms with E-state index in [1.807, 2.05) is 0 Å². The van der Waals surface area contributed by atoms with E-state index >= 15 is 0 Å². The van der Waals surface area contributed by atoms with Crippen molar-refractivity contribution in [3.05, 3.63) is 23.8 Å². The highest BCUT2D eigenvalue weighted by atomic mass is 16.5. The summed E-state index contributed by atoms with van der Waals surface area (Å²) in [6.07, 6.45) is 4.31. The first-order chi connectivity index (χ1) is 10.1. The number of hydrogen-bond acceptors (Lipinski definition) is 4. The predicted octanol–water partition coefficient (Wildman–Crippen LogP) is 2.52. The summed E-state index contributed by atoms with van der Waals surface area (Å²) in [5.74, 6) is -0.220. The molecule has 1 unspecified atom stereocenters. The normalized spacial score (nSPS) is 12.0. The summed E-state index contributed by atoms with van der Waals surface area (Å²) in [7, 11) is 1.42. The minimum Gasteiger partial charge on any atom is -0.504 e. The number of rotatable bonds is 9. The molecular weight excluding hydrogens is 270 g/mol. The van der Waals surface area contributed by atoms with Crippen LogP contribution < -0.4 is 10.1 Å². The van der Waals surface area contributed by atoms with Crippen molar-refractivity contribution in [1.29, 1.82) is 0 Å². The van der Waals surface area contributed by atoms with E-state index in [4.69, 9.17) is 4.74 Å². The Morgan fingerprint density at radius 3 is 2.67 bits per heavy atom. The van der Waals surface area contributed by atoms with Gasteiger partial charge in [-0.1, -0.05) is 38.7 Å². The minimum absolute atomic E-state index is 0.0233. The Hall–Kier alpha value is -1.75. The average Bonchev–Trinajstić information content (AvgIpc) is 2.50. The van der Waals surface area contributed by atoms with E-state index in [1.165, 1.54) is 44.6 Å². The molecule has 5 heteroatoms. The third-order valence-electron chi connectivity index (χ3n) is 3.35. The van der Waals surface area contributed by atoms with Crippen molar-refractivity contribution >= 4 is 5.91 Å². The van der Waals surface area contributed by atoms with E-state index in [0.29, 0.717) is 12.1 Å². The molecule has 0 fully saturated rings. The van der Waals surface area contributed by atoms with Gasteiger partial charge in [-0.2, -0.15) is 0 Å². The topological polar surface area (TPSA) is 78.8 Å². The van der Waals surface area contributed by atoms with Crippen molar-refractivity contribution < 1.29 is 19.7 Å². The van der Waals surface area contributed by atoms with Gasteiger partial charge < -0.3 is 20.3 Å². The molecule has 0 aliphatic rings. The summed E-state index contributed by atoms with van der Waals surface area (Å²) in [4.78, 5) is 11.9. The van der Waals surface area contributed by atoms with Crippen LogP contribution in [-0.2, 0) is 4.79 Å². The van der Waals surface area contributed by atoms with E-state index in [9.17, 15) is 15.0 Å². The SMILES string of the molecule is CCCCCCCNC(=O)C(O)c1ccc(O)c(OC)c1. The third kappa shape index (κ3) is 5.63. The van der Waals surface area contributed by atoms with Gasteiger partial charge in [-0.15, -0.1) is 0 Å². The maximum absolute atomic E-state index is 11.9. The third-order valence-corrected chi connectivity index (χ3v) is 3.35. The Balaban J connectivity index is 2.43. The van der Waals surface area contributed by atoms with Crippen LogP contribution in [0, 0.1) is 0 Å². The number of aromatic hydroxyl groups is 1. The zero-order valence-corrected chi connectivity index (χ0v) is 12.8. The number of carbonyl (C=O) groups is 1. The first-order valence-corrected chi connectivity index (χ1v) is 7.42. The van der Waals surface area contributed by atoms with Crippen molar-refractivity contribution in [2.24, 2.45) is 0 Å². The lowest BCUT2D eigenvalue weighted by atomic mass is 10.1. The summed E-state index contributed by atoms with van der Waals surface area (Å²) < 4.78 is 4.96. The molecule has 5 nitrogen and oxygen atoms in total. The zero-order valence-electron chi connectivity index (χ0n) is 12.8. The lowest BCUT2D eigenvalue weighted by Crippen LogP contribution is -2.30. The van der Waals surface area contributed by atoms with Crippen LogP contribution in [0.2, 0.25) is 0 Å². The second-order valence-corrected chi connectivity index (χ2v) is 5.04. The van der Waals surface area contributed by atoms with Crippen molar-refractivity contribution in [2.45, 2.75) is 45.1 Å². The molecule has 3 N–H and O–H groups in total. The molecule has 0 aromatic heterocycles. The van der Waals surface area contributed by atoms with Crippen molar-refractivity contribution in [3.8, 4) is 11.5 Å². The fraction of sp³-hybridized carbons (Fsp3) is 0.562. The smallest absolute Gasteiger partial charge is 0.253 e. The minimum atomic E-state index is -1.25. The molecule has 0 radical (unpaired) electrons. The number of aliphatic hydroxyl groups is 1. The monoisotopic (exact) mass is 295 g/mol. The number of phenols is 1. The van der Waals surface area contributed by atoms with Gasteiger partial charge in [0, 0.05) is 6.54 Å². The molecule has 0 saturated carbocycles. The number of benzene rings is 1. The molecule has 1 aromatic rings. The van der Waals surface area contributed by atoms with E-state index in [2.05, 4.69) is 12.2 Å². The Labute approximate surface area is 125 Å². The summed E-state index contributed by atoms with van der Waals surface area (Å²) in [6.45, 7) is 2.72. The number of phenolic OH excluding ortho intramolecular Hbond substituents is 1. The van der Waals surface area contributed by atoms with Crippen molar-refractivity contribution in [3.63, 3.8) is 0 Å². The summed E-state index contributed by atoms with van der Waals surface area (Å²) in [6, 6.07) is 4.36. The van der Waals surface area contributed by atoms with E-state index in [-0.39, 0.29) is 11.5 Å². The maximum atomic E-state index is 11.9. The highest BCUT2D eigenvalue weighted by molar-refractivity contribution is 5.82. The maximum Gasteiger partial charge on any atom is 0.253 e. The van der Waals surface area contributed by atoms with Gasteiger partial charge >= 0.3 is 0 Å². The lowest BCUT2D eigenvalue weighted by molar-refractivity contribution is -0.129. The van der Waals surface area contributed by atoms with Crippen molar-refractivity contribution in [1.82, 2.24) is 5.32 Å². The first kappa shape index (κ1) is 17.3. The van der Waals surface area contributed by atoms with E-state index in [1.54, 1.807) is 0 Å². The molecule has 1 atom stereocenters. The van der Waals surface area contributed by atoms with E-state index < -0.39 is 12.0 Å². The molecule has 0 bridgehead atoms. The van der Waals surface area contributed by atoms with E-state index in [0.717, 1.165) is 12.8 Å². The fourth-order valence-electron chi connectivity index (χ4n) is 2.05. The van der Waals surface area contributed by atoms with Crippen LogP contribution in [0.25, 0.3) is 0 Å².